The number of carbonyl (C=O) groups is 1. The number of carbonyl (C=O) groups excluding carboxylic acids is 1. The molecule has 0 aliphatic carbocycles. The van der Waals surface area contributed by atoms with E-state index in [1.54, 1.807) is 11.3 Å². The van der Waals surface area contributed by atoms with E-state index in [1.807, 2.05) is 42.6 Å². The van der Waals surface area contributed by atoms with Crippen LogP contribution in [-0.4, -0.2) is 22.5 Å². The maximum atomic E-state index is 11.8. The molecule has 1 aromatic carbocycles. The van der Waals surface area contributed by atoms with Gasteiger partial charge in [0.15, 0.2) is 0 Å². The Balaban J connectivity index is 1.65. The Morgan fingerprint density at radius 1 is 1.38 bits per heavy atom. The van der Waals surface area contributed by atoms with Crippen molar-refractivity contribution >= 4 is 17.2 Å². The summed E-state index contributed by atoms with van der Waals surface area (Å²) in [5, 5.41) is 15.9. The summed E-state index contributed by atoms with van der Waals surface area (Å²) in [7, 11) is 0. The molecule has 0 saturated carbocycles. The summed E-state index contributed by atoms with van der Waals surface area (Å²) in [5.41, 5.74) is 1.82. The minimum atomic E-state index is -0.743. The highest BCUT2D eigenvalue weighted by molar-refractivity contribution is 7.09. The Bertz CT molecular complexity index is 569. The lowest BCUT2D eigenvalue weighted by Gasteiger charge is -2.11. The van der Waals surface area contributed by atoms with Gasteiger partial charge in [-0.25, -0.2) is 4.98 Å². The molecule has 1 atom stereocenters. The van der Waals surface area contributed by atoms with Crippen molar-refractivity contribution in [1.82, 2.24) is 10.3 Å². The first-order chi connectivity index (χ1) is 10.1. The van der Waals surface area contributed by atoms with Gasteiger partial charge in [0.25, 0.3) is 0 Å². The molecule has 5 heteroatoms. The van der Waals surface area contributed by atoms with E-state index in [4.69, 9.17) is 0 Å². The van der Waals surface area contributed by atoms with Crippen LogP contribution in [0.5, 0.6) is 0 Å². The van der Waals surface area contributed by atoms with Crippen LogP contribution in [0.15, 0.2) is 35.7 Å². The number of hydrogen-bond acceptors (Lipinski definition) is 4. The first kappa shape index (κ1) is 15.7. The second-order valence-corrected chi connectivity index (χ2v) is 5.91. The number of aryl methyl sites for hydroxylation is 2. The molecule has 1 aromatic heterocycles. The number of aliphatic hydroxyl groups excluding tert-OH is 1. The zero-order valence-electron chi connectivity index (χ0n) is 12.1. The number of hydrogen-bond donors (Lipinski definition) is 2. The smallest absolute Gasteiger partial charge is 0.222 e. The number of benzene rings is 1. The highest BCUT2D eigenvalue weighted by Crippen LogP contribution is 2.15. The first-order valence-electron chi connectivity index (χ1n) is 7.06. The van der Waals surface area contributed by atoms with Crippen LogP contribution in [0.3, 0.4) is 0 Å². The third kappa shape index (κ3) is 5.28. The number of nitrogens with one attached hydrogen (secondary N) is 1. The van der Waals surface area contributed by atoms with Gasteiger partial charge in [0.05, 0.1) is 17.5 Å². The molecule has 0 saturated heterocycles. The SMILES string of the molecule is Cc1csc(CCCNC(=O)CC(O)c2ccccc2)n1. The van der Waals surface area contributed by atoms with Gasteiger partial charge in [-0.1, -0.05) is 30.3 Å². The maximum absolute atomic E-state index is 11.8. The van der Waals surface area contributed by atoms with Gasteiger partial charge in [-0.05, 0) is 18.9 Å². The highest BCUT2D eigenvalue weighted by Gasteiger charge is 2.12. The molecule has 2 aromatic rings. The van der Waals surface area contributed by atoms with Crippen molar-refractivity contribution in [1.29, 1.82) is 0 Å². The van der Waals surface area contributed by atoms with Crippen LogP contribution in [0.25, 0.3) is 0 Å². The largest absolute Gasteiger partial charge is 0.388 e. The van der Waals surface area contributed by atoms with E-state index in [-0.39, 0.29) is 12.3 Å². The number of amides is 1. The van der Waals surface area contributed by atoms with Crippen molar-refractivity contribution in [3.05, 3.63) is 52.0 Å². The summed E-state index contributed by atoms with van der Waals surface area (Å²) in [5.74, 6) is -0.123. The molecule has 2 N–H and O–H groups in total. The molecule has 0 spiro atoms. The van der Waals surface area contributed by atoms with Crippen LogP contribution in [0, 0.1) is 6.92 Å². The van der Waals surface area contributed by atoms with E-state index in [9.17, 15) is 9.90 Å². The molecular formula is C16H20N2O2S. The van der Waals surface area contributed by atoms with Gasteiger partial charge in [-0.3, -0.25) is 4.79 Å². The van der Waals surface area contributed by atoms with Crippen molar-refractivity contribution in [2.75, 3.05) is 6.54 Å². The molecule has 1 unspecified atom stereocenters. The minimum absolute atomic E-state index is 0.0976. The van der Waals surface area contributed by atoms with Crippen LogP contribution in [0.1, 0.15) is 35.2 Å². The molecule has 0 radical (unpaired) electrons. The van der Waals surface area contributed by atoms with E-state index < -0.39 is 6.10 Å². The van der Waals surface area contributed by atoms with Gasteiger partial charge in [0, 0.05) is 24.0 Å². The lowest BCUT2D eigenvalue weighted by Crippen LogP contribution is -2.26. The van der Waals surface area contributed by atoms with Crippen LogP contribution >= 0.6 is 11.3 Å². The number of thiazole rings is 1. The van der Waals surface area contributed by atoms with E-state index in [0.717, 1.165) is 29.1 Å². The molecule has 1 amide bonds. The topological polar surface area (TPSA) is 62.2 Å². The molecule has 0 aliphatic rings. The van der Waals surface area contributed by atoms with Crippen molar-refractivity contribution in [2.45, 2.75) is 32.3 Å². The maximum Gasteiger partial charge on any atom is 0.222 e. The van der Waals surface area contributed by atoms with E-state index in [1.165, 1.54) is 0 Å². The minimum Gasteiger partial charge on any atom is -0.388 e. The monoisotopic (exact) mass is 304 g/mol. The molecule has 21 heavy (non-hydrogen) atoms. The quantitative estimate of drug-likeness (QED) is 0.773. The van der Waals surface area contributed by atoms with E-state index in [0.29, 0.717) is 6.54 Å². The van der Waals surface area contributed by atoms with Crippen LogP contribution in [0.2, 0.25) is 0 Å². The lowest BCUT2D eigenvalue weighted by atomic mass is 10.1. The Hall–Kier alpha value is -1.72. The number of aromatic nitrogens is 1. The number of rotatable bonds is 7. The Morgan fingerprint density at radius 3 is 2.81 bits per heavy atom. The highest BCUT2D eigenvalue weighted by atomic mass is 32.1. The van der Waals surface area contributed by atoms with E-state index in [2.05, 4.69) is 10.3 Å². The van der Waals surface area contributed by atoms with Gasteiger partial charge in [0.2, 0.25) is 5.91 Å². The first-order valence-corrected chi connectivity index (χ1v) is 7.94. The summed E-state index contributed by atoms with van der Waals surface area (Å²) in [6.45, 7) is 2.59. The average molecular weight is 304 g/mol. The third-order valence-electron chi connectivity index (χ3n) is 3.12. The van der Waals surface area contributed by atoms with Crippen molar-refractivity contribution in [3.8, 4) is 0 Å². The summed E-state index contributed by atoms with van der Waals surface area (Å²) in [4.78, 5) is 16.1. The zero-order valence-corrected chi connectivity index (χ0v) is 12.9. The number of aliphatic hydroxyl groups is 1. The zero-order chi connectivity index (χ0) is 15.1. The molecule has 0 bridgehead atoms. The Labute approximate surface area is 128 Å². The Morgan fingerprint density at radius 2 is 2.14 bits per heavy atom. The molecule has 2 rings (SSSR count). The van der Waals surface area contributed by atoms with E-state index >= 15 is 0 Å². The third-order valence-corrected chi connectivity index (χ3v) is 4.15. The average Bonchev–Trinajstić information content (AvgIpc) is 2.90. The standard InChI is InChI=1S/C16H20N2O2S/c1-12-11-21-16(18-12)8-5-9-17-15(20)10-14(19)13-6-3-2-4-7-13/h2-4,6-7,11,14,19H,5,8-10H2,1H3,(H,17,20). The second kappa shape index (κ2) is 7.90. The fourth-order valence-corrected chi connectivity index (χ4v) is 2.84. The van der Waals surface area contributed by atoms with Gasteiger partial charge in [0.1, 0.15) is 0 Å². The predicted octanol–water partition coefficient (Wildman–Crippen LogP) is 2.62. The van der Waals surface area contributed by atoms with Crippen LogP contribution in [0.4, 0.5) is 0 Å². The van der Waals surface area contributed by atoms with Gasteiger partial charge >= 0.3 is 0 Å². The Kier molecular flexibility index (Phi) is 5.90. The molecule has 4 nitrogen and oxygen atoms in total. The van der Waals surface area contributed by atoms with Crippen LogP contribution < -0.4 is 5.32 Å². The summed E-state index contributed by atoms with van der Waals surface area (Å²) >= 11 is 1.65. The molecule has 1 heterocycles. The van der Waals surface area contributed by atoms with Gasteiger partial charge < -0.3 is 10.4 Å². The van der Waals surface area contributed by atoms with Crippen molar-refractivity contribution in [3.63, 3.8) is 0 Å². The number of nitrogens with zero attached hydrogens (tertiary/aromatic N) is 1. The summed E-state index contributed by atoms with van der Waals surface area (Å²) in [6.07, 6.45) is 1.09. The molecule has 112 valence electrons. The van der Waals surface area contributed by atoms with Crippen molar-refractivity contribution < 1.29 is 9.90 Å². The van der Waals surface area contributed by atoms with Gasteiger partial charge in [-0.15, -0.1) is 11.3 Å². The second-order valence-electron chi connectivity index (χ2n) is 4.97. The fourth-order valence-electron chi connectivity index (χ4n) is 2.03. The van der Waals surface area contributed by atoms with Crippen LogP contribution in [-0.2, 0) is 11.2 Å². The predicted molar refractivity (Wildman–Crippen MR) is 84.2 cm³/mol. The fraction of sp³-hybridized carbons (Fsp3) is 0.375. The lowest BCUT2D eigenvalue weighted by molar-refractivity contribution is -0.123. The van der Waals surface area contributed by atoms with Crippen molar-refractivity contribution in [2.24, 2.45) is 0 Å². The molecule has 0 aliphatic heterocycles. The summed E-state index contributed by atoms with van der Waals surface area (Å²) < 4.78 is 0. The molecular weight excluding hydrogens is 284 g/mol. The van der Waals surface area contributed by atoms with Gasteiger partial charge in [-0.2, -0.15) is 0 Å². The summed E-state index contributed by atoms with van der Waals surface area (Å²) in [6, 6.07) is 9.24. The molecule has 0 fully saturated rings. The normalized spacial score (nSPS) is 12.1.